The Hall–Kier alpha value is -1.20. The highest BCUT2D eigenvalue weighted by Crippen LogP contribution is 2.11. The molecule has 1 atom stereocenters. The van der Waals surface area contributed by atoms with Gasteiger partial charge in [-0.25, -0.2) is 4.98 Å². The lowest BCUT2D eigenvalue weighted by molar-refractivity contribution is 0.0566. The van der Waals surface area contributed by atoms with E-state index in [-0.39, 0.29) is 11.1 Å². The predicted octanol–water partition coefficient (Wildman–Crippen LogP) is 0.906. The number of piperazine rings is 1. The largest absolute Gasteiger partial charge is 0.334 e. The van der Waals surface area contributed by atoms with Crippen LogP contribution < -0.4 is 0 Å². The Morgan fingerprint density at radius 3 is 2.88 bits per heavy atom. The zero-order chi connectivity index (χ0) is 12.4. The van der Waals surface area contributed by atoms with Crippen LogP contribution in [0.4, 0.5) is 0 Å². The van der Waals surface area contributed by atoms with Crippen LogP contribution in [0.3, 0.4) is 0 Å². The van der Waals surface area contributed by atoms with Crippen molar-refractivity contribution in [2.24, 2.45) is 0 Å². The van der Waals surface area contributed by atoms with Gasteiger partial charge in [0.2, 0.25) is 0 Å². The molecule has 17 heavy (non-hydrogen) atoms. The van der Waals surface area contributed by atoms with E-state index in [2.05, 4.69) is 28.8 Å². The molecular formula is C11H15ClN4O. The maximum atomic E-state index is 12.2. The van der Waals surface area contributed by atoms with Crippen molar-refractivity contribution in [2.45, 2.75) is 13.0 Å². The van der Waals surface area contributed by atoms with Crippen molar-refractivity contribution in [1.82, 2.24) is 19.8 Å². The normalized spacial score (nSPS) is 21.6. The predicted molar refractivity (Wildman–Crippen MR) is 65.0 cm³/mol. The van der Waals surface area contributed by atoms with Gasteiger partial charge in [-0.15, -0.1) is 0 Å². The van der Waals surface area contributed by atoms with Crippen LogP contribution >= 0.6 is 11.6 Å². The summed E-state index contributed by atoms with van der Waals surface area (Å²) in [6.07, 6.45) is 2.88. The van der Waals surface area contributed by atoms with Gasteiger partial charge in [0.15, 0.2) is 0 Å². The van der Waals surface area contributed by atoms with Crippen molar-refractivity contribution in [1.29, 1.82) is 0 Å². The molecule has 92 valence electrons. The Labute approximate surface area is 105 Å². The molecule has 2 heterocycles. The summed E-state index contributed by atoms with van der Waals surface area (Å²) in [5.74, 6) is -0.0973. The number of halogens is 1. The average molecular weight is 255 g/mol. The summed E-state index contributed by atoms with van der Waals surface area (Å²) in [6, 6.07) is 0.361. The van der Waals surface area contributed by atoms with E-state index in [1.54, 1.807) is 4.90 Å². The molecule has 0 aromatic carbocycles. The minimum Gasteiger partial charge on any atom is -0.334 e. The summed E-state index contributed by atoms with van der Waals surface area (Å²) in [4.78, 5) is 24.0. The van der Waals surface area contributed by atoms with E-state index in [0.29, 0.717) is 24.8 Å². The van der Waals surface area contributed by atoms with E-state index >= 15 is 0 Å². The van der Waals surface area contributed by atoms with E-state index in [4.69, 9.17) is 11.6 Å². The third-order valence-electron chi connectivity index (χ3n) is 3.07. The van der Waals surface area contributed by atoms with Gasteiger partial charge in [0.05, 0.1) is 12.4 Å². The van der Waals surface area contributed by atoms with Crippen LogP contribution in [0.2, 0.25) is 5.15 Å². The zero-order valence-electron chi connectivity index (χ0n) is 9.93. The molecule has 1 aliphatic rings. The molecule has 0 aliphatic carbocycles. The molecule has 1 fully saturated rings. The summed E-state index contributed by atoms with van der Waals surface area (Å²) in [5, 5.41) is 0.248. The summed E-state index contributed by atoms with van der Waals surface area (Å²) in [5.41, 5.74) is 0.314. The highest BCUT2D eigenvalue weighted by Gasteiger charge is 2.25. The molecule has 0 spiro atoms. The molecule has 5 nitrogen and oxygen atoms in total. The molecule has 1 aromatic rings. The van der Waals surface area contributed by atoms with Gasteiger partial charge < -0.3 is 9.80 Å². The smallest absolute Gasteiger partial charge is 0.274 e. The Balaban J connectivity index is 2.10. The van der Waals surface area contributed by atoms with E-state index in [1.165, 1.54) is 12.4 Å². The standard InChI is InChI=1S/C11H15ClN4O/c1-8-7-16(4-3-15(8)2)11(17)9-5-13-6-10(12)14-9/h5-6,8H,3-4,7H2,1-2H3. The fraction of sp³-hybridized carbons (Fsp3) is 0.545. The highest BCUT2D eigenvalue weighted by molar-refractivity contribution is 6.29. The lowest BCUT2D eigenvalue weighted by Gasteiger charge is -2.37. The first-order valence-corrected chi connectivity index (χ1v) is 5.93. The van der Waals surface area contributed by atoms with E-state index in [1.807, 2.05) is 0 Å². The van der Waals surface area contributed by atoms with Gasteiger partial charge in [-0.2, -0.15) is 0 Å². The second-order valence-corrected chi connectivity index (χ2v) is 4.70. The van der Waals surface area contributed by atoms with Crippen molar-refractivity contribution in [3.63, 3.8) is 0 Å². The van der Waals surface area contributed by atoms with Crippen molar-refractivity contribution in [2.75, 3.05) is 26.7 Å². The Kier molecular flexibility index (Phi) is 3.59. The summed E-state index contributed by atoms with van der Waals surface area (Å²) in [7, 11) is 2.06. The number of nitrogens with zero attached hydrogens (tertiary/aromatic N) is 4. The van der Waals surface area contributed by atoms with E-state index in [0.717, 1.165) is 6.54 Å². The van der Waals surface area contributed by atoms with Crippen LogP contribution in [0.5, 0.6) is 0 Å². The third kappa shape index (κ3) is 2.73. The first kappa shape index (κ1) is 12.3. The van der Waals surface area contributed by atoms with Gasteiger partial charge in [-0.05, 0) is 14.0 Å². The number of aromatic nitrogens is 2. The Morgan fingerprint density at radius 2 is 2.24 bits per heavy atom. The molecule has 0 bridgehead atoms. The first-order chi connectivity index (χ1) is 8.08. The molecule has 0 saturated carbocycles. The van der Waals surface area contributed by atoms with Crippen LogP contribution in [0, 0.1) is 0 Å². The van der Waals surface area contributed by atoms with Crippen LogP contribution in [-0.2, 0) is 0 Å². The zero-order valence-corrected chi connectivity index (χ0v) is 10.7. The molecule has 1 saturated heterocycles. The molecule has 0 radical (unpaired) electrons. The van der Waals surface area contributed by atoms with Crippen molar-refractivity contribution in [3.05, 3.63) is 23.2 Å². The Morgan fingerprint density at radius 1 is 1.47 bits per heavy atom. The second-order valence-electron chi connectivity index (χ2n) is 4.31. The molecule has 0 N–H and O–H groups in total. The molecule has 1 aliphatic heterocycles. The number of amides is 1. The minimum atomic E-state index is -0.0973. The van der Waals surface area contributed by atoms with Gasteiger partial charge in [-0.3, -0.25) is 9.78 Å². The van der Waals surface area contributed by atoms with Crippen molar-refractivity contribution >= 4 is 17.5 Å². The third-order valence-corrected chi connectivity index (χ3v) is 3.25. The van der Waals surface area contributed by atoms with Crippen LogP contribution in [0.25, 0.3) is 0 Å². The van der Waals surface area contributed by atoms with Gasteiger partial charge in [0.1, 0.15) is 10.8 Å². The van der Waals surface area contributed by atoms with Crippen LogP contribution in [0.15, 0.2) is 12.4 Å². The molecule has 1 amide bonds. The SMILES string of the molecule is CC1CN(C(=O)c2cncc(Cl)n2)CCN1C. The van der Waals surface area contributed by atoms with Gasteiger partial charge in [-0.1, -0.05) is 11.6 Å². The topological polar surface area (TPSA) is 49.3 Å². The molecule has 1 unspecified atom stereocenters. The second kappa shape index (κ2) is 4.98. The molecular weight excluding hydrogens is 240 g/mol. The number of carbonyl (C=O) groups excluding carboxylic acids is 1. The van der Waals surface area contributed by atoms with Crippen LogP contribution in [0.1, 0.15) is 17.4 Å². The summed E-state index contributed by atoms with van der Waals surface area (Å²) >= 11 is 5.73. The molecule has 2 rings (SSSR count). The Bertz CT molecular complexity index is 426. The number of carbonyl (C=O) groups is 1. The summed E-state index contributed by atoms with van der Waals surface area (Å²) < 4.78 is 0. The highest BCUT2D eigenvalue weighted by atomic mass is 35.5. The van der Waals surface area contributed by atoms with Gasteiger partial charge in [0, 0.05) is 25.7 Å². The molecule has 1 aromatic heterocycles. The number of rotatable bonds is 1. The van der Waals surface area contributed by atoms with Crippen LogP contribution in [-0.4, -0.2) is 58.4 Å². The number of hydrogen-bond acceptors (Lipinski definition) is 4. The van der Waals surface area contributed by atoms with Gasteiger partial charge in [0.25, 0.3) is 5.91 Å². The quantitative estimate of drug-likeness (QED) is 0.747. The molecule has 6 heteroatoms. The van der Waals surface area contributed by atoms with Crippen molar-refractivity contribution < 1.29 is 4.79 Å². The lowest BCUT2D eigenvalue weighted by Crippen LogP contribution is -2.52. The first-order valence-electron chi connectivity index (χ1n) is 5.55. The van der Waals surface area contributed by atoms with E-state index < -0.39 is 0 Å². The maximum absolute atomic E-state index is 12.2. The van der Waals surface area contributed by atoms with Gasteiger partial charge >= 0.3 is 0 Å². The minimum absolute atomic E-state index is 0.0973. The summed E-state index contributed by atoms with van der Waals surface area (Å²) in [6.45, 7) is 4.40. The maximum Gasteiger partial charge on any atom is 0.274 e. The fourth-order valence-corrected chi connectivity index (χ4v) is 1.99. The fourth-order valence-electron chi connectivity index (χ4n) is 1.84. The monoisotopic (exact) mass is 254 g/mol. The number of likely N-dealkylation sites (N-methyl/N-ethyl adjacent to an activating group) is 1. The number of hydrogen-bond donors (Lipinski definition) is 0. The average Bonchev–Trinajstić information content (AvgIpc) is 2.32. The lowest BCUT2D eigenvalue weighted by atomic mass is 10.2. The van der Waals surface area contributed by atoms with Crippen molar-refractivity contribution in [3.8, 4) is 0 Å². The van der Waals surface area contributed by atoms with E-state index in [9.17, 15) is 4.79 Å².